The minimum Gasteiger partial charge on any atom is -0.325 e. The number of fused-ring (bicyclic) bond motifs is 1. The van der Waals surface area contributed by atoms with Gasteiger partial charge in [0.15, 0.2) is 0 Å². The van der Waals surface area contributed by atoms with Crippen LogP contribution in [0.25, 0.3) is 0 Å². The van der Waals surface area contributed by atoms with Gasteiger partial charge in [-0.15, -0.1) is 0 Å². The molecule has 7 nitrogen and oxygen atoms in total. The van der Waals surface area contributed by atoms with Crippen LogP contribution in [0.4, 0.5) is 17.3 Å². The summed E-state index contributed by atoms with van der Waals surface area (Å²) in [5.41, 5.74) is 2.55. The maximum Gasteiger partial charge on any atom is 0.352 e. The summed E-state index contributed by atoms with van der Waals surface area (Å²) < 4.78 is 0. The second-order valence-electron chi connectivity index (χ2n) is 4.34. The normalized spacial score (nSPS) is 13.0. The Morgan fingerprint density at radius 2 is 2.11 bits per heavy atom. The summed E-state index contributed by atoms with van der Waals surface area (Å²) in [7, 11) is 0. The van der Waals surface area contributed by atoms with E-state index in [0.717, 1.165) is 23.4 Å². The molecule has 0 saturated heterocycles. The van der Waals surface area contributed by atoms with E-state index in [0.29, 0.717) is 5.69 Å². The Kier molecular flexibility index (Phi) is 2.52. The Morgan fingerprint density at radius 1 is 1.26 bits per heavy atom. The number of aliphatic imine (C=N–C) groups is 1. The molecule has 0 aliphatic carbocycles. The van der Waals surface area contributed by atoms with Crippen LogP contribution in [0.1, 0.15) is 12.5 Å². The third-order valence-corrected chi connectivity index (χ3v) is 2.77. The maximum atomic E-state index is 11.1. The van der Waals surface area contributed by atoms with Gasteiger partial charge in [0.1, 0.15) is 0 Å². The van der Waals surface area contributed by atoms with Crippen molar-refractivity contribution in [3.8, 4) is 0 Å². The molecule has 0 fully saturated rings. The fraction of sp³-hybridized carbons (Fsp3) is 0.167. The van der Waals surface area contributed by atoms with Gasteiger partial charge in [0.25, 0.3) is 0 Å². The van der Waals surface area contributed by atoms with E-state index in [9.17, 15) is 9.59 Å². The van der Waals surface area contributed by atoms with Crippen molar-refractivity contribution >= 4 is 23.0 Å². The third kappa shape index (κ3) is 2.30. The van der Waals surface area contributed by atoms with Crippen molar-refractivity contribution in [2.24, 2.45) is 4.99 Å². The molecular formula is C12H11N5O2. The summed E-state index contributed by atoms with van der Waals surface area (Å²) >= 11 is 0. The van der Waals surface area contributed by atoms with Crippen molar-refractivity contribution < 1.29 is 0 Å². The van der Waals surface area contributed by atoms with Crippen LogP contribution in [0.15, 0.2) is 32.8 Å². The molecule has 2 heterocycles. The van der Waals surface area contributed by atoms with Crippen molar-refractivity contribution in [3.63, 3.8) is 0 Å². The Morgan fingerprint density at radius 3 is 2.89 bits per heavy atom. The SMILES string of the molecule is CC1=Nc2cc(Nc3nc(=O)[nH]c(=O)[nH]3)ccc2C1. The summed E-state index contributed by atoms with van der Waals surface area (Å²) in [6, 6.07) is 5.67. The molecule has 19 heavy (non-hydrogen) atoms. The molecule has 0 spiro atoms. The quantitative estimate of drug-likeness (QED) is 0.742. The topological polar surface area (TPSA) is 103 Å². The van der Waals surface area contributed by atoms with E-state index in [1.807, 2.05) is 30.1 Å². The minimum absolute atomic E-state index is 0.104. The lowest BCUT2D eigenvalue weighted by atomic mass is 10.1. The molecule has 3 rings (SSSR count). The van der Waals surface area contributed by atoms with Crippen LogP contribution >= 0.6 is 0 Å². The van der Waals surface area contributed by atoms with Crippen molar-refractivity contribution in [3.05, 3.63) is 44.7 Å². The lowest BCUT2D eigenvalue weighted by molar-refractivity contribution is 0.942. The Balaban J connectivity index is 1.94. The molecule has 1 aliphatic heterocycles. The van der Waals surface area contributed by atoms with Crippen LogP contribution in [-0.4, -0.2) is 20.7 Å². The number of nitrogens with zero attached hydrogens (tertiary/aromatic N) is 2. The molecule has 0 saturated carbocycles. The maximum absolute atomic E-state index is 11.1. The van der Waals surface area contributed by atoms with Crippen molar-refractivity contribution in [2.45, 2.75) is 13.3 Å². The van der Waals surface area contributed by atoms with E-state index in [1.54, 1.807) is 0 Å². The first-order valence-electron chi connectivity index (χ1n) is 5.75. The number of hydrogen-bond acceptors (Lipinski definition) is 5. The lowest BCUT2D eigenvalue weighted by Gasteiger charge is -2.05. The van der Waals surface area contributed by atoms with Crippen LogP contribution in [0.2, 0.25) is 0 Å². The zero-order chi connectivity index (χ0) is 13.4. The third-order valence-electron chi connectivity index (χ3n) is 2.77. The first-order valence-corrected chi connectivity index (χ1v) is 5.75. The van der Waals surface area contributed by atoms with Crippen molar-refractivity contribution in [1.82, 2.24) is 15.0 Å². The minimum atomic E-state index is -0.693. The zero-order valence-corrected chi connectivity index (χ0v) is 10.2. The van der Waals surface area contributed by atoms with E-state index >= 15 is 0 Å². The number of rotatable bonds is 2. The van der Waals surface area contributed by atoms with Gasteiger partial charge in [0, 0.05) is 17.8 Å². The number of benzene rings is 1. The molecule has 7 heteroatoms. The van der Waals surface area contributed by atoms with E-state index in [1.165, 1.54) is 0 Å². The molecule has 2 aromatic rings. The van der Waals surface area contributed by atoms with Gasteiger partial charge in [0.2, 0.25) is 5.95 Å². The van der Waals surface area contributed by atoms with E-state index in [-0.39, 0.29) is 5.95 Å². The number of aromatic amines is 2. The average molecular weight is 257 g/mol. The van der Waals surface area contributed by atoms with Crippen LogP contribution in [-0.2, 0) is 6.42 Å². The van der Waals surface area contributed by atoms with Gasteiger partial charge in [-0.3, -0.25) is 15.0 Å². The van der Waals surface area contributed by atoms with E-state index < -0.39 is 11.4 Å². The summed E-state index contributed by atoms with van der Waals surface area (Å²) in [5.74, 6) is 0.104. The van der Waals surface area contributed by atoms with E-state index in [2.05, 4.69) is 20.3 Å². The highest BCUT2D eigenvalue weighted by molar-refractivity contribution is 5.92. The monoisotopic (exact) mass is 257 g/mol. The largest absolute Gasteiger partial charge is 0.352 e. The number of hydrogen-bond donors (Lipinski definition) is 3. The molecule has 1 aromatic carbocycles. The van der Waals surface area contributed by atoms with Gasteiger partial charge >= 0.3 is 11.4 Å². The van der Waals surface area contributed by atoms with Crippen molar-refractivity contribution in [1.29, 1.82) is 0 Å². The predicted octanol–water partition coefficient (Wildman–Crippen LogP) is 0.850. The summed E-state index contributed by atoms with van der Waals surface area (Å²) in [6.45, 7) is 1.98. The van der Waals surface area contributed by atoms with Gasteiger partial charge in [-0.25, -0.2) is 9.59 Å². The Labute approximate surface area is 107 Å². The van der Waals surface area contributed by atoms with Gasteiger partial charge < -0.3 is 5.32 Å². The zero-order valence-electron chi connectivity index (χ0n) is 10.2. The molecular weight excluding hydrogens is 246 g/mol. The first-order chi connectivity index (χ1) is 9.10. The van der Waals surface area contributed by atoms with Gasteiger partial charge in [-0.1, -0.05) is 6.07 Å². The number of nitrogens with one attached hydrogen (secondary N) is 3. The summed E-state index contributed by atoms with van der Waals surface area (Å²) in [4.78, 5) is 34.6. The molecule has 0 atom stereocenters. The number of aromatic nitrogens is 3. The molecule has 1 aromatic heterocycles. The molecule has 0 unspecified atom stereocenters. The highest BCUT2D eigenvalue weighted by Crippen LogP contribution is 2.30. The lowest BCUT2D eigenvalue weighted by Crippen LogP contribution is -2.25. The second-order valence-corrected chi connectivity index (χ2v) is 4.34. The van der Waals surface area contributed by atoms with Gasteiger partial charge in [0.05, 0.1) is 5.69 Å². The van der Waals surface area contributed by atoms with Crippen molar-refractivity contribution in [2.75, 3.05) is 5.32 Å². The fourth-order valence-electron chi connectivity index (χ4n) is 2.01. The predicted molar refractivity (Wildman–Crippen MR) is 71.7 cm³/mol. The number of H-pyrrole nitrogens is 2. The summed E-state index contributed by atoms with van der Waals surface area (Å²) in [6.07, 6.45) is 0.857. The Hall–Kier alpha value is -2.70. The second kappa shape index (κ2) is 4.20. The van der Waals surface area contributed by atoms with Crippen LogP contribution in [0.3, 0.4) is 0 Å². The standard InChI is InChI=1S/C12H11N5O2/c1-6-4-7-2-3-8(5-9(7)13-6)14-10-15-11(18)17-12(19)16-10/h2-3,5H,4H2,1H3,(H3,14,15,16,17,18,19). The summed E-state index contributed by atoms with van der Waals surface area (Å²) in [5, 5.41) is 2.87. The molecule has 1 aliphatic rings. The average Bonchev–Trinajstić information content (AvgIpc) is 2.67. The van der Waals surface area contributed by atoms with E-state index in [4.69, 9.17) is 0 Å². The molecule has 96 valence electrons. The molecule has 0 bridgehead atoms. The van der Waals surface area contributed by atoms with Gasteiger partial charge in [-0.05, 0) is 24.6 Å². The molecule has 3 N–H and O–H groups in total. The highest BCUT2D eigenvalue weighted by Gasteiger charge is 2.11. The number of anilines is 2. The smallest absolute Gasteiger partial charge is 0.325 e. The van der Waals surface area contributed by atoms with Crippen LogP contribution in [0.5, 0.6) is 0 Å². The Bertz CT molecular complexity index is 759. The van der Waals surface area contributed by atoms with Crippen LogP contribution in [0, 0.1) is 0 Å². The molecule has 0 radical (unpaired) electrons. The first kappa shape index (κ1) is 11.4. The van der Waals surface area contributed by atoms with Gasteiger partial charge in [-0.2, -0.15) is 4.98 Å². The highest BCUT2D eigenvalue weighted by atomic mass is 16.2. The van der Waals surface area contributed by atoms with Crippen LogP contribution < -0.4 is 16.7 Å². The molecule has 0 amide bonds. The fourth-order valence-corrected chi connectivity index (χ4v) is 2.01.